The standard InChI is InChI=1S/Al.Bi.Ga.Sn.Zn. The summed E-state index contributed by atoms with van der Waals surface area (Å²) in [7, 11) is 0. The molecule has 0 saturated heterocycles. The van der Waals surface area contributed by atoms with Crippen LogP contribution in [-0.2, 0) is 19.5 Å². The van der Waals surface area contributed by atoms with E-state index in [2.05, 4.69) is 0 Å². The summed E-state index contributed by atoms with van der Waals surface area (Å²) in [5.74, 6) is 0. The molecule has 0 nitrogen and oxygen atoms in total. The summed E-state index contributed by atoms with van der Waals surface area (Å²) in [6.45, 7) is 0. The number of hydrogen-bond acceptors (Lipinski definition) is 0. The van der Waals surface area contributed by atoms with Crippen LogP contribution in [0.1, 0.15) is 0 Å². The molecule has 5 heavy (non-hydrogen) atoms. The SMILES string of the molecule is [Al].[Bi].[Ga].[Sn].[Zn]. The van der Waals surface area contributed by atoms with Gasteiger partial charge in [-0.25, -0.2) is 0 Å². The van der Waals surface area contributed by atoms with Crippen LogP contribution in [-0.4, -0.2) is 87.3 Å². The molecule has 0 aliphatic carbocycles. The quantitative estimate of drug-likeness (QED) is 0.363. The molecule has 0 unspecified atom stereocenters. The van der Waals surface area contributed by atoms with E-state index in [1.807, 2.05) is 0 Å². The zero-order valence-electron chi connectivity index (χ0n) is 2.81. The normalized spacial score (nSPS) is 0. The molecule has 17 valence electrons. The summed E-state index contributed by atoms with van der Waals surface area (Å²) < 4.78 is 0. The van der Waals surface area contributed by atoms with E-state index in [4.69, 9.17) is 0 Å². The Labute approximate surface area is 105 Å². The van der Waals surface area contributed by atoms with E-state index >= 15 is 0 Å². The Balaban J connectivity index is 0. The Bertz CT molecular complexity index is 11.6. The predicted octanol–water partition coefficient (Wildman–Crippen LogP) is -1.53. The molecule has 0 heterocycles. The minimum Gasteiger partial charge on any atom is 0 e. The van der Waals surface area contributed by atoms with Gasteiger partial charge in [-0.05, 0) is 0 Å². The monoisotopic (exact) mass is 489 g/mol. The van der Waals surface area contributed by atoms with Crippen LogP contribution < -0.4 is 0 Å². The zero-order valence-corrected chi connectivity index (χ0v) is 15.7. The summed E-state index contributed by atoms with van der Waals surface area (Å²) in [6, 6.07) is 0. The molecule has 0 bridgehead atoms. The van der Waals surface area contributed by atoms with Gasteiger partial charge in [0.1, 0.15) is 0 Å². The first-order valence-electron chi connectivity index (χ1n) is 0. The molecule has 0 amide bonds. The maximum absolute atomic E-state index is 0. The maximum atomic E-state index is 0. The third-order valence-corrected chi connectivity index (χ3v) is 0. The smallest absolute Gasteiger partial charge is 0 e. The number of rotatable bonds is 0. The Morgan fingerprint density at radius 1 is 1.00 bits per heavy atom. The molecule has 13 radical (unpaired) electrons. The van der Waals surface area contributed by atoms with Crippen LogP contribution in [0.25, 0.3) is 0 Å². The third-order valence-electron chi connectivity index (χ3n) is 0. The summed E-state index contributed by atoms with van der Waals surface area (Å²) >= 11 is 0. The van der Waals surface area contributed by atoms with Gasteiger partial charge in [-0.15, -0.1) is 0 Å². The maximum Gasteiger partial charge on any atom is 0 e. The molecule has 0 spiro atoms. The molecule has 0 atom stereocenters. The molecule has 0 aromatic carbocycles. The molecular formula is AlBiGaSnZn. The summed E-state index contributed by atoms with van der Waals surface area (Å²) in [5, 5.41) is 0. The summed E-state index contributed by atoms with van der Waals surface area (Å²) in [4.78, 5) is 0. The first-order chi connectivity index (χ1) is 0. The Morgan fingerprint density at radius 3 is 1.00 bits per heavy atom. The fourth-order valence-corrected chi connectivity index (χ4v) is 0. The van der Waals surface area contributed by atoms with Crippen molar-refractivity contribution in [1.29, 1.82) is 0 Å². The van der Waals surface area contributed by atoms with Crippen LogP contribution in [0.2, 0.25) is 0 Å². The number of hydrogen-bond donors (Lipinski definition) is 0. The van der Waals surface area contributed by atoms with Gasteiger partial charge in [0.05, 0.1) is 0 Å². The average molecular weight is 490 g/mol. The second-order valence-corrected chi connectivity index (χ2v) is 0. The van der Waals surface area contributed by atoms with E-state index in [1.54, 1.807) is 0 Å². The molecule has 0 aliphatic heterocycles. The molecule has 0 aromatic rings. The van der Waals surface area contributed by atoms with Gasteiger partial charge in [0.25, 0.3) is 0 Å². The molecule has 0 fully saturated rings. The Kier molecular flexibility index (Phi) is 204. The minimum atomic E-state index is 0. The molecule has 5 heteroatoms. The van der Waals surface area contributed by atoms with E-state index in [-0.39, 0.29) is 107 Å². The fourth-order valence-electron chi connectivity index (χ4n) is 0. The Hall–Kier alpha value is 3.47. The van der Waals surface area contributed by atoms with Gasteiger partial charge < -0.3 is 0 Å². The van der Waals surface area contributed by atoms with Crippen molar-refractivity contribution >= 4 is 87.3 Å². The topological polar surface area (TPSA) is 0 Å². The van der Waals surface area contributed by atoms with Crippen LogP contribution >= 0.6 is 0 Å². The van der Waals surface area contributed by atoms with Gasteiger partial charge in [-0.1, -0.05) is 0 Å². The van der Waals surface area contributed by atoms with E-state index in [1.165, 1.54) is 0 Å². The van der Waals surface area contributed by atoms with Gasteiger partial charge in [0.2, 0.25) is 0 Å². The van der Waals surface area contributed by atoms with E-state index < -0.39 is 0 Å². The van der Waals surface area contributed by atoms with Crippen LogP contribution in [0.4, 0.5) is 0 Å². The van der Waals surface area contributed by atoms with Gasteiger partial charge >= 0.3 is 0 Å². The van der Waals surface area contributed by atoms with E-state index in [0.29, 0.717) is 0 Å². The largest absolute Gasteiger partial charge is 0 e. The van der Waals surface area contributed by atoms with Crippen molar-refractivity contribution in [2.75, 3.05) is 0 Å². The second-order valence-electron chi connectivity index (χ2n) is 0. The summed E-state index contributed by atoms with van der Waals surface area (Å²) in [6.07, 6.45) is 0. The first kappa shape index (κ1) is 39.2. The van der Waals surface area contributed by atoms with Gasteiger partial charge in [-0.2, -0.15) is 0 Å². The van der Waals surface area contributed by atoms with Crippen molar-refractivity contribution in [2.24, 2.45) is 0 Å². The molecule has 0 aliphatic rings. The van der Waals surface area contributed by atoms with Crippen molar-refractivity contribution < 1.29 is 19.5 Å². The van der Waals surface area contributed by atoms with Gasteiger partial charge in [-0.3, -0.25) is 0 Å². The van der Waals surface area contributed by atoms with E-state index in [9.17, 15) is 0 Å². The third kappa shape index (κ3) is 18.6. The van der Waals surface area contributed by atoms with Crippen molar-refractivity contribution in [1.82, 2.24) is 0 Å². The van der Waals surface area contributed by atoms with Crippen molar-refractivity contribution in [3.8, 4) is 0 Å². The molecule has 0 aromatic heterocycles. The van der Waals surface area contributed by atoms with Crippen molar-refractivity contribution in [3.05, 3.63) is 0 Å². The minimum absolute atomic E-state index is 0. The summed E-state index contributed by atoms with van der Waals surface area (Å²) in [5.41, 5.74) is 0. The average Bonchev–Trinajstić information content (AvgIpc) is 0. The fraction of sp³-hybridized carbons (Fsp3) is 0. The molecule has 0 N–H and O–H groups in total. The first-order valence-corrected chi connectivity index (χ1v) is 0. The van der Waals surface area contributed by atoms with Crippen molar-refractivity contribution in [2.45, 2.75) is 0 Å². The van der Waals surface area contributed by atoms with Crippen LogP contribution in [0.15, 0.2) is 0 Å². The Morgan fingerprint density at radius 2 is 1.00 bits per heavy atom. The molecule has 0 saturated carbocycles. The van der Waals surface area contributed by atoms with Gasteiger partial charge in [0, 0.05) is 107 Å². The molecule has 0 rings (SSSR count). The van der Waals surface area contributed by atoms with Crippen LogP contribution in [0.3, 0.4) is 0 Å². The van der Waals surface area contributed by atoms with Gasteiger partial charge in [0.15, 0.2) is 0 Å². The second kappa shape index (κ2) is 26.0. The van der Waals surface area contributed by atoms with Crippen LogP contribution in [0.5, 0.6) is 0 Å². The van der Waals surface area contributed by atoms with Crippen molar-refractivity contribution in [3.63, 3.8) is 0 Å². The predicted molar refractivity (Wildman–Crippen MR) is 23.0 cm³/mol. The van der Waals surface area contributed by atoms with E-state index in [0.717, 1.165) is 0 Å². The van der Waals surface area contributed by atoms with Crippen LogP contribution in [0, 0.1) is 0 Å². The molecular weight excluding hydrogens is 490 g/mol. The zero-order chi connectivity index (χ0) is 0.